The van der Waals surface area contributed by atoms with Crippen LogP contribution in [0, 0.1) is 6.92 Å². The van der Waals surface area contributed by atoms with Gasteiger partial charge in [-0.25, -0.2) is 0 Å². The van der Waals surface area contributed by atoms with Gasteiger partial charge in [-0.05, 0) is 63.6 Å². The van der Waals surface area contributed by atoms with Crippen LogP contribution in [0.25, 0.3) is 10.2 Å². The van der Waals surface area contributed by atoms with Gasteiger partial charge in [-0.2, -0.15) is 4.99 Å². The Bertz CT molecular complexity index is 1030. The number of methoxy groups -OCH3 is 1. The number of hydrogen-bond donors (Lipinski definition) is 0. The number of rotatable bonds is 5. The Hall–Kier alpha value is -2.60. The van der Waals surface area contributed by atoms with E-state index in [0.29, 0.717) is 16.9 Å². The minimum absolute atomic E-state index is 0.0940. The molecule has 0 fully saturated rings. The van der Waals surface area contributed by atoms with E-state index < -0.39 is 0 Å². The third kappa shape index (κ3) is 3.90. The lowest BCUT2D eigenvalue weighted by Crippen LogP contribution is -2.16. The van der Waals surface area contributed by atoms with Gasteiger partial charge in [0.25, 0.3) is 5.91 Å². The monoisotopic (exact) mass is 384 g/mol. The Kier molecular flexibility index (Phi) is 5.65. The Morgan fingerprint density at radius 3 is 2.48 bits per heavy atom. The number of carbonyl (C=O) groups excluding carboxylic acids is 1. The number of amides is 1. The minimum atomic E-state index is -0.267. The summed E-state index contributed by atoms with van der Waals surface area (Å²) in [6, 6.07) is 11.1. The average Bonchev–Trinajstić information content (AvgIpc) is 3.01. The van der Waals surface area contributed by atoms with Crippen molar-refractivity contribution >= 4 is 27.5 Å². The summed E-state index contributed by atoms with van der Waals surface area (Å²) < 4.78 is 14.3. The van der Waals surface area contributed by atoms with Gasteiger partial charge in [0.1, 0.15) is 17.0 Å². The van der Waals surface area contributed by atoms with Crippen molar-refractivity contribution in [1.82, 2.24) is 4.57 Å². The van der Waals surface area contributed by atoms with Crippen LogP contribution in [-0.4, -0.2) is 23.7 Å². The van der Waals surface area contributed by atoms with Gasteiger partial charge in [0.15, 0.2) is 4.80 Å². The first-order chi connectivity index (χ1) is 12.9. The van der Waals surface area contributed by atoms with Crippen LogP contribution in [-0.2, 0) is 6.54 Å². The molecule has 27 heavy (non-hydrogen) atoms. The molecular formula is C21H24N2O3S. The van der Waals surface area contributed by atoms with Crippen LogP contribution >= 0.6 is 11.3 Å². The second-order valence-corrected chi connectivity index (χ2v) is 7.48. The van der Waals surface area contributed by atoms with E-state index in [-0.39, 0.29) is 12.0 Å². The van der Waals surface area contributed by atoms with Crippen LogP contribution in [0.3, 0.4) is 0 Å². The van der Waals surface area contributed by atoms with Crippen molar-refractivity contribution < 1.29 is 14.3 Å². The fourth-order valence-corrected chi connectivity index (χ4v) is 4.10. The van der Waals surface area contributed by atoms with E-state index in [1.54, 1.807) is 31.4 Å². The van der Waals surface area contributed by atoms with Crippen molar-refractivity contribution in [3.63, 3.8) is 0 Å². The molecule has 3 aromatic rings. The van der Waals surface area contributed by atoms with E-state index in [0.717, 1.165) is 27.3 Å². The summed E-state index contributed by atoms with van der Waals surface area (Å²) in [6.45, 7) is 8.73. The number of benzene rings is 2. The summed E-state index contributed by atoms with van der Waals surface area (Å²) in [5, 5.41) is 0. The third-order valence-electron chi connectivity index (χ3n) is 4.19. The average molecular weight is 385 g/mol. The minimum Gasteiger partial charge on any atom is -0.495 e. The molecule has 1 amide bonds. The van der Waals surface area contributed by atoms with Crippen LogP contribution in [0.15, 0.2) is 41.4 Å². The van der Waals surface area contributed by atoms with Crippen molar-refractivity contribution in [3.8, 4) is 11.5 Å². The van der Waals surface area contributed by atoms with Crippen molar-refractivity contribution in [2.75, 3.05) is 7.11 Å². The third-order valence-corrected chi connectivity index (χ3v) is 5.41. The lowest BCUT2D eigenvalue weighted by Gasteiger charge is -2.09. The second-order valence-electron chi connectivity index (χ2n) is 6.50. The highest BCUT2D eigenvalue weighted by atomic mass is 32.1. The van der Waals surface area contributed by atoms with Crippen molar-refractivity contribution in [2.45, 2.75) is 40.3 Å². The standard InChI is InChI=1S/C21H24N2O3S/c1-6-23-18-17(25-5)12-7-14(4)19(18)27-21(23)22-20(24)15-8-10-16(11-9-15)26-13(2)3/h7-13H,6H2,1-5H3. The Morgan fingerprint density at radius 1 is 1.19 bits per heavy atom. The molecule has 0 atom stereocenters. The highest BCUT2D eigenvalue weighted by Crippen LogP contribution is 2.30. The zero-order valence-corrected chi connectivity index (χ0v) is 17.1. The Balaban J connectivity index is 2.05. The molecule has 0 unspecified atom stereocenters. The molecule has 0 saturated heterocycles. The van der Waals surface area contributed by atoms with Gasteiger partial charge in [0.2, 0.25) is 0 Å². The molecule has 0 saturated carbocycles. The maximum Gasteiger partial charge on any atom is 0.279 e. The first-order valence-corrected chi connectivity index (χ1v) is 9.79. The SMILES string of the molecule is CCn1c(=NC(=O)c2ccc(OC(C)C)cc2)sc2c(C)ccc(OC)c21. The first kappa shape index (κ1) is 19.2. The Labute approximate surface area is 162 Å². The van der Waals surface area contributed by atoms with Crippen LogP contribution in [0.1, 0.15) is 36.7 Å². The number of aryl methyl sites for hydroxylation is 2. The highest BCUT2D eigenvalue weighted by Gasteiger charge is 2.14. The Morgan fingerprint density at radius 2 is 1.89 bits per heavy atom. The molecule has 142 valence electrons. The molecule has 0 aliphatic rings. The lowest BCUT2D eigenvalue weighted by molar-refractivity contribution is 0.0998. The van der Waals surface area contributed by atoms with E-state index in [2.05, 4.69) is 11.9 Å². The number of nitrogens with zero attached hydrogens (tertiary/aromatic N) is 2. The number of carbonyl (C=O) groups is 1. The van der Waals surface area contributed by atoms with E-state index in [1.807, 2.05) is 37.5 Å². The number of fused-ring (bicyclic) bond motifs is 1. The summed E-state index contributed by atoms with van der Waals surface area (Å²) in [5.41, 5.74) is 2.66. The van der Waals surface area contributed by atoms with Crippen molar-refractivity contribution in [3.05, 3.63) is 52.3 Å². The zero-order valence-electron chi connectivity index (χ0n) is 16.3. The predicted molar refractivity (Wildman–Crippen MR) is 109 cm³/mol. The predicted octanol–water partition coefficient (Wildman–Crippen LogP) is 4.57. The fraction of sp³-hybridized carbons (Fsp3) is 0.333. The van der Waals surface area contributed by atoms with Gasteiger partial charge in [-0.15, -0.1) is 0 Å². The molecule has 0 bridgehead atoms. The quantitative estimate of drug-likeness (QED) is 0.648. The molecular weight excluding hydrogens is 360 g/mol. The van der Waals surface area contributed by atoms with E-state index >= 15 is 0 Å². The second kappa shape index (κ2) is 7.96. The van der Waals surface area contributed by atoms with E-state index in [1.165, 1.54) is 11.3 Å². The molecule has 6 heteroatoms. The molecule has 0 aliphatic carbocycles. The smallest absolute Gasteiger partial charge is 0.279 e. The van der Waals surface area contributed by atoms with E-state index in [4.69, 9.17) is 9.47 Å². The summed E-state index contributed by atoms with van der Waals surface area (Å²) in [6.07, 6.45) is 0.0940. The molecule has 2 aromatic carbocycles. The molecule has 1 heterocycles. The van der Waals surface area contributed by atoms with Crippen LogP contribution in [0.2, 0.25) is 0 Å². The van der Waals surface area contributed by atoms with Gasteiger partial charge in [-0.3, -0.25) is 4.79 Å². The summed E-state index contributed by atoms with van der Waals surface area (Å²) >= 11 is 1.51. The van der Waals surface area contributed by atoms with Crippen molar-refractivity contribution in [1.29, 1.82) is 0 Å². The lowest BCUT2D eigenvalue weighted by atomic mass is 10.2. The maximum atomic E-state index is 12.7. The van der Waals surface area contributed by atoms with Crippen molar-refractivity contribution in [2.24, 2.45) is 4.99 Å². The number of hydrogen-bond acceptors (Lipinski definition) is 4. The number of ether oxygens (including phenoxy) is 2. The zero-order chi connectivity index (χ0) is 19.6. The van der Waals surface area contributed by atoms with Crippen LogP contribution < -0.4 is 14.3 Å². The van der Waals surface area contributed by atoms with Gasteiger partial charge >= 0.3 is 0 Å². The largest absolute Gasteiger partial charge is 0.495 e. The summed E-state index contributed by atoms with van der Waals surface area (Å²) in [7, 11) is 1.66. The van der Waals surface area contributed by atoms with Crippen LogP contribution in [0.5, 0.6) is 11.5 Å². The highest BCUT2D eigenvalue weighted by molar-refractivity contribution is 7.16. The van der Waals surface area contributed by atoms with Gasteiger partial charge in [0, 0.05) is 12.1 Å². The number of thiazole rings is 1. The molecule has 0 radical (unpaired) electrons. The first-order valence-electron chi connectivity index (χ1n) is 8.97. The maximum absolute atomic E-state index is 12.7. The molecule has 3 rings (SSSR count). The van der Waals surface area contributed by atoms with Gasteiger partial charge < -0.3 is 14.0 Å². The molecule has 0 spiro atoms. The summed E-state index contributed by atoms with van der Waals surface area (Å²) in [4.78, 5) is 17.8. The molecule has 5 nitrogen and oxygen atoms in total. The molecule has 1 aromatic heterocycles. The number of aromatic nitrogens is 1. The summed E-state index contributed by atoms with van der Waals surface area (Å²) in [5.74, 6) is 1.27. The van der Waals surface area contributed by atoms with Gasteiger partial charge in [0.05, 0.1) is 17.9 Å². The topological polar surface area (TPSA) is 52.8 Å². The molecule has 0 N–H and O–H groups in total. The van der Waals surface area contributed by atoms with Crippen LogP contribution in [0.4, 0.5) is 0 Å². The van der Waals surface area contributed by atoms with E-state index in [9.17, 15) is 4.79 Å². The van der Waals surface area contributed by atoms with Gasteiger partial charge in [-0.1, -0.05) is 17.4 Å². The normalized spacial score (nSPS) is 12.0. The molecule has 0 aliphatic heterocycles. The fourth-order valence-electron chi connectivity index (χ4n) is 2.92.